The first-order valence-corrected chi connectivity index (χ1v) is 7.08. The number of amides is 1. The van der Waals surface area contributed by atoms with Gasteiger partial charge in [0.1, 0.15) is 11.5 Å². The van der Waals surface area contributed by atoms with Crippen molar-refractivity contribution in [3.05, 3.63) is 53.9 Å². The Hall–Kier alpha value is -2.56. The molecule has 1 aromatic carbocycles. The molecule has 0 aliphatic heterocycles. The van der Waals surface area contributed by atoms with E-state index in [2.05, 4.69) is 10.3 Å². The van der Waals surface area contributed by atoms with Crippen molar-refractivity contribution in [3.63, 3.8) is 0 Å². The van der Waals surface area contributed by atoms with Crippen LogP contribution < -0.4 is 14.8 Å². The molecule has 0 saturated heterocycles. The molecule has 0 radical (unpaired) electrons. The van der Waals surface area contributed by atoms with Crippen LogP contribution in [0.15, 0.2) is 42.6 Å². The molecule has 1 N–H and O–H groups in total. The molecule has 0 unspecified atom stereocenters. The van der Waals surface area contributed by atoms with Gasteiger partial charge in [0.25, 0.3) is 5.91 Å². The van der Waals surface area contributed by atoms with Crippen molar-refractivity contribution in [2.75, 3.05) is 13.7 Å². The van der Waals surface area contributed by atoms with Crippen LogP contribution >= 0.6 is 0 Å². The molecule has 0 fully saturated rings. The maximum atomic E-state index is 12.0. The summed E-state index contributed by atoms with van der Waals surface area (Å²) in [6.45, 7) is 3.75. The highest BCUT2D eigenvalue weighted by Gasteiger charge is 2.13. The average molecular weight is 300 g/mol. The van der Waals surface area contributed by atoms with E-state index in [1.165, 1.54) is 0 Å². The molecule has 0 bridgehead atoms. The SMILES string of the molecule is COc1ccccc1[C@H](C)NC(=O)COc1ccc(C)nc1. The Kier molecular flexibility index (Phi) is 5.36. The minimum Gasteiger partial charge on any atom is -0.496 e. The summed E-state index contributed by atoms with van der Waals surface area (Å²) in [5.74, 6) is 1.13. The van der Waals surface area contributed by atoms with Gasteiger partial charge < -0.3 is 14.8 Å². The fourth-order valence-electron chi connectivity index (χ4n) is 2.07. The third-order valence-corrected chi connectivity index (χ3v) is 3.24. The Morgan fingerprint density at radius 1 is 1.27 bits per heavy atom. The van der Waals surface area contributed by atoms with Crippen LogP contribution in [0.25, 0.3) is 0 Å². The van der Waals surface area contributed by atoms with Gasteiger partial charge in [-0.1, -0.05) is 18.2 Å². The highest BCUT2D eigenvalue weighted by Crippen LogP contribution is 2.24. The minimum absolute atomic E-state index is 0.0514. The fraction of sp³-hybridized carbons (Fsp3) is 0.294. The molecular formula is C17H20N2O3. The average Bonchev–Trinajstić information content (AvgIpc) is 2.54. The van der Waals surface area contributed by atoms with E-state index in [4.69, 9.17) is 9.47 Å². The van der Waals surface area contributed by atoms with Gasteiger partial charge >= 0.3 is 0 Å². The topological polar surface area (TPSA) is 60.5 Å². The van der Waals surface area contributed by atoms with E-state index in [9.17, 15) is 4.79 Å². The van der Waals surface area contributed by atoms with Crippen LogP contribution in [0.5, 0.6) is 11.5 Å². The van der Waals surface area contributed by atoms with Crippen LogP contribution in [0.2, 0.25) is 0 Å². The number of carbonyl (C=O) groups excluding carboxylic acids is 1. The Bertz CT molecular complexity index is 626. The zero-order chi connectivity index (χ0) is 15.9. The van der Waals surface area contributed by atoms with Crippen LogP contribution in [-0.4, -0.2) is 24.6 Å². The van der Waals surface area contributed by atoms with Crippen molar-refractivity contribution < 1.29 is 14.3 Å². The lowest BCUT2D eigenvalue weighted by Gasteiger charge is -2.17. The molecule has 5 heteroatoms. The monoisotopic (exact) mass is 300 g/mol. The van der Waals surface area contributed by atoms with Gasteiger partial charge in [-0.25, -0.2) is 0 Å². The first-order chi connectivity index (χ1) is 10.6. The van der Waals surface area contributed by atoms with Gasteiger partial charge in [-0.3, -0.25) is 9.78 Å². The molecule has 2 rings (SSSR count). The third-order valence-electron chi connectivity index (χ3n) is 3.24. The molecule has 116 valence electrons. The largest absolute Gasteiger partial charge is 0.496 e. The van der Waals surface area contributed by atoms with Crippen LogP contribution in [0.1, 0.15) is 24.2 Å². The first kappa shape index (κ1) is 15.8. The zero-order valence-electron chi connectivity index (χ0n) is 13.0. The second kappa shape index (κ2) is 7.45. The van der Waals surface area contributed by atoms with Crippen molar-refractivity contribution in [2.45, 2.75) is 19.9 Å². The molecule has 1 atom stereocenters. The van der Waals surface area contributed by atoms with E-state index in [0.717, 1.165) is 17.0 Å². The van der Waals surface area contributed by atoms with Gasteiger partial charge in [0.15, 0.2) is 6.61 Å². The number of hydrogen-bond acceptors (Lipinski definition) is 4. The van der Waals surface area contributed by atoms with Crippen molar-refractivity contribution in [3.8, 4) is 11.5 Å². The summed E-state index contributed by atoms with van der Waals surface area (Å²) in [4.78, 5) is 16.1. The maximum absolute atomic E-state index is 12.0. The van der Waals surface area contributed by atoms with Gasteiger partial charge in [-0.15, -0.1) is 0 Å². The maximum Gasteiger partial charge on any atom is 0.258 e. The number of benzene rings is 1. The predicted molar refractivity (Wildman–Crippen MR) is 84.0 cm³/mol. The molecule has 0 spiro atoms. The normalized spacial score (nSPS) is 11.6. The number of carbonyl (C=O) groups is 1. The van der Waals surface area contributed by atoms with Crippen molar-refractivity contribution in [1.29, 1.82) is 0 Å². The van der Waals surface area contributed by atoms with E-state index in [0.29, 0.717) is 5.75 Å². The molecule has 1 heterocycles. The third kappa shape index (κ3) is 4.22. The molecule has 22 heavy (non-hydrogen) atoms. The number of pyridine rings is 1. The highest BCUT2D eigenvalue weighted by atomic mass is 16.5. The second-order valence-corrected chi connectivity index (χ2v) is 4.96. The minimum atomic E-state index is -0.195. The highest BCUT2D eigenvalue weighted by molar-refractivity contribution is 5.78. The molecule has 5 nitrogen and oxygen atoms in total. The second-order valence-electron chi connectivity index (χ2n) is 4.96. The molecule has 1 amide bonds. The van der Waals surface area contributed by atoms with Crippen molar-refractivity contribution in [1.82, 2.24) is 10.3 Å². The summed E-state index contributed by atoms with van der Waals surface area (Å²) in [6, 6.07) is 11.1. The van der Waals surface area contributed by atoms with Gasteiger partial charge in [0, 0.05) is 11.3 Å². The standard InChI is InChI=1S/C17H20N2O3/c1-12-8-9-14(10-18-12)22-11-17(20)19-13(2)15-6-4-5-7-16(15)21-3/h4-10,13H,11H2,1-3H3,(H,19,20)/t13-/m0/s1. The number of hydrogen-bond donors (Lipinski definition) is 1. The molecule has 0 aliphatic carbocycles. The molecule has 0 aliphatic rings. The Balaban J connectivity index is 1.90. The molecule has 0 saturated carbocycles. The number of methoxy groups -OCH3 is 1. The van der Waals surface area contributed by atoms with Crippen LogP contribution in [0.4, 0.5) is 0 Å². The smallest absolute Gasteiger partial charge is 0.258 e. The fourth-order valence-corrected chi connectivity index (χ4v) is 2.07. The number of rotatable bonds is 6. The number of para-hydroxylation sites is 1. The lowest BCUT2D eigenvalue weighted by atomic mass is 10.1. The first-order valence-electron chi connectivity index (χ1n) is 7.08. The predicted octanol–water partition coefficient (Wildman–Crippen LogP) is 2.65. The van der Waals surface area contributed by atoms with Crippen LogP contribution in [-0.2, 0) is 4.79 Å². The summed E-state index contributed by atoms with van der Waals surface area (Å²) in [5, 5.41) is 2.89. The van der Waals surface area contributed by atoms with E-state index < -0.39 is 0 Å². The summed E-state index contributed by atoms with van der Waals surface area (Å²) < 4.78 is 10.7. The molecular weight excluding hydrogens is 280 g/mol. The molecule has 2 aromatic rings. The lowest BCUT2D eigenvalue weighted by Crippen LogP contribution is -2.31. The number of nitrogens with one attached hydrogen (secondary N) is 1. The van der Waals surface area contributed by atoms with Crippen molar-refractivity contribution in [2.24, 2.45) is 0 Å². The number of aryl methyl sites for hydroxylation is 1. The van der Waals surface area contributed by atoms with E-state index >= 15 is 0 Å². The number of ether oxygens (including phenoxy) is 2. The van der Waals surface area contributed by atoms with E-state index in [1.54, 1.807) is 19.4 Å². The Morgan fingerprint density at radius 2 is 2.05 bits per heavy atom. The van der Waals surface area contributed by atoms with Gasteiger partial charge in [0.2, 0.25) is 0 Å². The summed E-state index contributed by atoms with van der Waals surface area (Å²) in [7, 11) is 1.61. The summed E-state index contributed by atoms with van der Waals surface area (Å²) in [6.07, 6.45) is 1.60. The van der Waals surface area contributed by atoms with Gasteiger partial charge in [0.05, 0.1) is 19.3 Å². The zero-order valence-corrected chi connectivity index (χ0v) is 13.0. The summed E-state index contributed by atoms with van der Waals surface area (Å²) in [5.41, 5.74) is 1.83. The van der Waals surface area contributed by atoms with Gasteiger partial charge in [-0.2, -0.15) is 0 Å². The number of aromatic nitrogens is 1. The molecule has 1 aromatic heterocycles. The number of nitrogens with zero attached hydrogens (tertiary/aromatic N) is 1. The van der Waals surface area contributed by atoms with E-state index in [1.807, 2.05) is 44.2 Å². The van der Waals surface area contributed by atoms with E-state index in [-0.39, 0.29) is 18.6 Å². The van der Waals surface area contributed by atoms with Crippen LogP contribution in [0.3, 0.4) is 0 Å². The summed E-state index contributed by atoms with van der Waals surface area (Å²) >= 11 is 0. The van der Waals surface area contributed by atoms with Gasteiger partial charge in [-0.05, 0) is 32.0 Å². The Labute approximate surface area is 130 Å². The van der Waals surface area contributed by atoms with Crippen molar-refractivity contribution >= 4 is 5.91 Å². The quantitative estimate of drug-likeness (QED) is 0.891. The lowest BCUT2D eigenvalue weighted by molar-refractivity contribution is -0.123. The van der Waals surface area contributed by atoms with Crippen LogP contribution in [0, 0.1) is 6.92 Å². The Morgan fingerprint density at radius 3 is 2.73 bits per heavy atom.